The summed E-state index contributed by atoms with van der Waals surface area (Å²) in [5.41, 5.74) is 3.77. The van der Waals surface area contributed by atoms with Crippen molar-refractivity contribution >= 4 is 32.5 Å². The number of rotatable bonds is 11. The Bertz CT molecular complexity index is 774. The van der Waals surface area contributed by atoms with E-state index in [-0.39, 0.29) is 26.1 Å². The van der Waals surface area contributed by atoms with E-state index in [0.717, 1.165) is 4.90 Å². The normalized spacial score (nSPS) is 19.0. The molecule has 16 heteroatoms. The molecular weight excluding hydrogens is 434 g/mol. The molecule has 29 heavy (non-hydrogen) atoms. The number of likely N-dealkylation sites (N-methyl/N-ethyl adjacent to an activating group) is 1. The average molecular weight is 462 g/mol. The van der Waals surface area contributed by atoms with Gasteiger partial charge < -0.3 is 4.90 Å². The smallest absolute Gasteiger partial charge is 0.311 e. The van der Waals surface area contributed by atoms with Crippen molar-refractivity contribution in [3.8, 4) is 0 Å². The first kappa shape index (κ1) is 25.5. The molecule has 0 radical (unpaired) electrons. The Hall–Kier alpha value is -1.56. The fraction of sp³-hybridized carbons (Fsp3) is 0.846. The second kappa shape index (κ2) is 11.0. The number of carbonyl (C=O) groups excluding carboxylic acids is 2. The third-order valence-corrected chi connectivity index (χ3v) is 5.93. The van der Waals surface area contributed by atoms with Crippen molar-refractivity contribution < 1.29 is 40.1 Å². The zero-order chi connectivity index (χ0) is 22.2. The zero-order valence-corrected chi connectivity index (χ0v) is 18.0. The molecular formula is C13H27N5O9S2. The summed E-state index contributed by atoms with van der Waals surface area (Å²) in [5.74, 6) is -0.675. The van der Waals surface area contributed by atoms with Crippen molar-refractivity contribution in [3.63, 3.8) is 0 Å². The van der Waals surface area contributed by atoms with E-state index in [1.165, 1.54) is 11.4 Å². The third-order valence-electron chi connectivity index (χ3n) is 4.11. The predicted molar refractivity (Wildman–Crippen MR) is 99.4 cm³/mol. The Kier molecular flexibility index (Phi) is 9.66. The number of amides is 3. The zero-order valence-electron chi connectivity index (χ0n) is 16.3. The molecule has 4 N–H and O–H groups in total. The molecule has 1 heterocycles. The van der Waals surface area contributed by atoms with Crippen molar-refractivity contribution in [2.24, 2.45) is 0 Å². The lowest BCUT2D eigenvalue weighted by Crippen LogP contribution is -2.53. The molecule has 170 valence electrons. The van der Waals surface area contributed by atoms with Crippen LogP contribution >= 0.6 is 0 Å². The van der Waals surface area contributed by atoms with Gasteiger partial charge in [-0.25, -0.2) is 15.0 Å². The molecule has 0 aromatic carbocycles. The van der Waals surface area contributed by atoms with E-state index in [9.17, 15) is 26.4 Å². The Balaban J connectivity index is 2.70. The summed E-state index contributed by atoms with van der Waals surface area (Å²) < 4.78 is 60.5. The van der Waals surface area contributed by atoms with E-state index < -0.39 is 44.7 Å². The van der Waals surface area contributed by atoms with Crippen LogP contribution in [0.1, 0.15) is 33.1 Å². The highest BCUT2D eigenvalue weighted by Gasteiger charge is 2.33. The van der Waals surface area contributed by atoms with Gasteiger partial charge in [0, 0.05) is 26.7 Å². The van der Waals surface area contributed by atoms with Crippen LogP contribution in [0.3, 0.4) is 0 Å². The number of nitrogens with one attached hydrogen (secondary N) is 3. The largest absolute Gasteiger partial charge is 0.418 e. The summed E-state index contributed by atoms with van der Waals surface area (Å²) >= 11 is 0. The molecule has 1 aliphatic rings. The van der Waals surface area contributed by atoms with Crippen LogP contribution in [0.2, 0.25) is 0 Å². The number of carbonyl (C=O) groups is 2. The molecule has 0 aromatic rings. The highest BCUT2D eigenvalue weighted by atomic mass is 32.3. The second-order valence-corrected chi connectivity index (χ2v) is 8.97. The molecule has 0 aliphatic carbocycles. The van der Waals surface area contributed by atoms with E-state index in [4.69, 9.17) is 9.39 Å². The molecule has 3 amide bonds. The molecule has 1 fully saturated rings. The van der Waals surface area contributed by atoms with Crippen LogP contribution in [0.4, 0.5) is 4.79 Å². The Morgan fingerprint density at radius 3 is 2.41 bits per heavy atom. The lowest BCUT2D eigenvalue weighted by molar-refractivity contribution is -0.142. The third kappa shape index (κ3) is 8.00. The molecule has 1 aliphatic heterocycles. The average Bonchev–Trinajstić information content (AvgIpc) is 3.13. The summed E-state index contributed by atoms with van der Waals surface area (Å²) in [5, 5.41) is 0. The Labute approximate surface area is 169 Å². The lowest BCUT2D eigenvalue weighted by atomic mass is 10.1. The minimum atomic E-state index is -4.90. The maximum atomic E-state index is 12.5. The summed E-state index contributed by atoms with van der Waals surface area (Å²) in [7, 11) is -7.21. The Morgan fingerprint density at radius 1 is 1.24 bits per heavy atom. The van der Waals surface area contributed by atoms with Crippen molar-refractivity contribution in [1.82, 2.24) is 24.9 Å². The SMILES string of the molecule is CCC[C@@H](C(=O)NOC1CCN(S(=O)(=O)NC)C1)N(CC)C(=O)NOS(=O)(=O)O. The summed E-state index contributed by atoms with van der Waals surface area (Å²) in [6.07, 6.45) is 0.530. The van der Waals surface area contributed by atoms with Gasteiger partial charge in [0.1, 0.15) is 12.1 Å². The van der Waals surface area contributed by atoms with Crippen LogP contribution in [0.5, 0.6) is 0 Å². The molecule has 2 atom stereocenters. The van der Waals surface area contributed by atoms with Crippen LogP contribution in [0, 0.1) is 0 Å². The fourth-order valence-electron chi connectivity index (χ4n) is 2.71. The molecule has 0 saturated carbocycles. The molecule has 1 saturated heterocycles. The number of hydroxylamine groups is 2. The van der Waals surface area contributed by atoms with E-state index >= 15 is 0 Å². The molecule has 14 nitrogen and oxygen atoms in total. The standard InChI is InChI=1S/C13H27N5O9S2/c1-4-6-11(18(5-2)13(20)16-27-29(23,24)25)12(19)15-26-10-7-8-17(9-10)28(21,22)14-3/h10-11,14H,4-9H2,1-3H3,(H,15,19)(H,16,20)(H,23,24,25)/t10?,11-/m0/s1. The van der Waals surface area contributed by atoms with Gasteiger partial charge in [-0.05, 0) is 19.8 Å². The number of urea groups is 1. The topological polar surface area (TPSA) is 184 Å². The molecule has 0 spiro atoms. The first-order chi connectivity index (χ1) is 13.4. The summed E-state index contributed by atoms with van der Waals surface area (Å²) in [6, 6.07) is -2.07. The minimum Gasteiger partial charge on any atom is -0.311 e. The predicted octanol–water partition coefficient (Wildman–Crippen LogP) is -1.49. The van der Waals surface area contributed by atoms with E-state index in [2.05, 4.69) is 14.5 Å². The van der Waals surface area contributed by atoms with Crippen LogP contribution in [0.25, 0.3) is 0 Å². The van der Waals surface area contributed by atoms with E-state index in [1.54, 1.807) is 19.3 Å². The van der Waals surface area contributed by atoms with Gasteiger partial charge >= 0.3 is 16.4 Å². The van der Waals surface area contributed by atoms with Crippen molar-refractivity contribution in [1.29, 1.82) is 0 Å². The van der Waals surface area contributed by atoms with E-state index in [0.29, 0.717) is 12.8 Å². The van der Waals surface area contributed by atoms with Crippen molar-refractivity contribution in [3.05, 3.63) is 0 Å². The van der Waals surface area contributed by atoms with Crippen LogP contribution in [-0.4, -0.2) is 81.4 Å². The van der Waals surface area contributed by atoms with Crippen molar-refractivity contribution in [2.45, 2.75) is 45.3 Å². The molecule has 1 unspecified atom stereocenters. The fourth-order valence-corrected chi connectivity index (χ4v) is 3.85. The monoisotopic (exact) mass is 461 g/mol. The van der Waals surface area contributed by atoms with Gasteiger partial charge in [0.2, 0.25) is 0 Å². The lowest BCUT2D eigenvalue weighted by Gasteiger charge is -2.29. The molecule has 1 rings (SSSR count). The van der Waals surface area contributed by atoms with Crippen LogP contribution in [-0.2, 0) is 34.5 Å². The highest BCUT2D eigenvalue weighted by molar-refractivity contribution is 7.87. The minimum absolute atomic E-state index is 0.0242. The number of hydrogen-bond acceptors (Lipinski definition) is 8. The quantitative estimate of drug-likeness (QED) is 0.210. The molecule has 0 aromatic heterocycles. The van der Waals surface area contributed by atoms with E-state index in [1.807, 2.05) is 0 Å². The van der Waals surface area contributed by atoms with Gasteiger partial charge in [-0.2, -0.15) is 26.6 Å². The first-order valence-corrected chi connectivity index (χ1v) is 11.6. The Morgan fingerprint density at radius 2 is 1.90 bits per heavy atom. The van der Waals surface area contributed by atoms with Gasteiger partial charge in [-0.3, -0.25) is 14.2 Å². The van der Waals surface area contributed by atoms with Crippen LogP contribution in [0.15, 0.2) is 0 Å². The molecule has 0 bridgehead atoms. The number of nitrogens with zero attached hydrogens (tertiary/aromatic N) is 2. The highest BCUT2D eigenvalue weighted by Crippen LogP contribution is 2.15. The van der Waals surface area contributed by atoms with Crippen LogP contribution < -0.4 is 15.7 Å². The van der Waals surface area contributed by atoms with Gasteiger partial charge in [-0.1, -0.05) is 13.3 Å². The second-order valence-electron chi connectivity index (χ2n) is 6.07. The van der Waals surface area contributed by atoms with Gasteiger partial charge in [0.15, 0.2) is 0 Å². The van der Waals surface area contributed by atoms with Gasteiger partial charge in [0.05, 0.1) is 0 Å². The van der Waals surface area contributed by atoms with Crippen molar-refractivity contribution in [2.75, 3.05) is 26.7 Å². The number of hydrogen-bond donors (Lipinski definition) is 4. The summed E-state index contributed by atoms with van der Waals surface area (Å²) in [4.78, 5) is 30.9. The maximum absolute atomic E-state index is 12.5. The first-order valence-electron chi connectivity index (χ1n) is 8.81. The van der Waals surface area contributed by atoms with Gasteiger partial charge in [0.25, 0.3) is 16.1 Å². The summed E-state index contributed by atoms with van der Waals surface area (Å²) in [6.45, 7) is 3.62. The maximum Gasteiger partial charge on any atom is 0.418 e. The van der Waals surface area contributed by atoms with Gasteiger partial charge in [-0.15, -0.1) is 4.28 Å².